The van der Waals surface area contributed by atoms with E-state index in [1.807, 2.05) is 13.8 Å². The molecule has 2 fully saturated rings. The second-order valence-electron chi connectivity index (χ2n) is 8.41. The summed E-state index contributed by atoms with van der Waals surface area (Å²) in [5.74, 6) is 0.640. The summed E-state index contributed by atoms with van der Waals surface area (Å²) in [6.07, 6.45) is 0.335. The molecule has 1 atom stereocenters. The molecule has 2 heterocycles. The van der Waals surface area contributed by atoms with Crippen LogP contribution in [0.5, 0.6) is 5.75 Å². The molecule has 0 aliphatic carbocycles. The van der Waals surface area contributed by atoms with E-state index in [9.17, 15) is 14.4 Å². The van der Waals surface area contributed by atoms with Crippen molar-refractivity contribution in [3.8, 4) is 5.75 Å². The van der Waals surface area contributed by atoms with Crippen LogP contribution in [0.4, 0.5) is 4.79 Å². The Kier molecular flexibility index (Phi) is 6.00. The smallest absolute Gasteiger partial charge is 0.317 e. The number of carbonyl (C=O) groups is 3. The Morgan fingerprint density at radius 3 is 2.24 bits per heavy atom. The summed E-state index contributed by atoms with van der Waals surface area (Å²) in [5, 5.41) is 2.93. The topological polar surface area (TPSA) is 82.2 Å². The third-order valence-corrected chi connectivity index (χ3v) is 5.54. The average Bonchev–Trinajstić information content (AvgIpc) is 2.84. The monoisotopic (exact) mass is 402 g/mol. The van der Waals surface area contributed by atoms with Crippen molar-refractivity contribution in [1.82, 2.24) is 20.0 Å². The number of carbonyl (C=O) groups excluding carboxylic acids is 3. The van der Waals surface area contributed by atoms with Gasteiger partial charge in [0, 0.05) is 63.2 Å². The predicted molar refractivity (Wildman–Crippen MR) is 109 cm³/mol. The fourth-order valence-electron chi connectivity index (χ4n) is 4.18. The Labute approximate surface area is 171 Å². The Hall–Kier alpha value is -2.77. The molecule has 158 valence electrons. The van der Waals surface area contributed by atoms with Crippen molar-refractivity contribution in [1.29, 1.82) is 0 Å². The molecule has 1 aromatic rings. The fraction of sp³-hybridized carbons (Fsp3) is 0.571. The fourth-order valence-corrected chi connectivity index (χ4v) is 4.18. The van der Waals surface area contributed by atoms with Crippen molar-refractivity contribution in [3.05, 3.63) is 29.8 Å². The zero-order valence-electron chi connectivity index (χ0n) is 17.6. The van der Waals surface area contributed by atoms with Gasteiger partial charge in [-0.05, 0) is 38.1 Å². The van der Waals surface area contributed by atoms with Crippen LogP contribution in [0, 0.1) is 5.41 Å². The van der Waals surface area contributed by atoms with Gasteiger partial charge < -0.3 is 24.8 Å². The molecule has 29 heavy (non-hydrogen) atoms. The van der Waals surface area contributed by atoms with E-state index < -0.39 is 5.41 Å². The van der Waals surface area contributed by atoms with Crippen molar-refractivity contribution in [2.24, 2.45) is 5.41 Å². The number of ether oxygens (including phenoxy) is 1. The minimum absolute atomic E-state index is 0.0200. The molecule has 0 saturated carbocycles. The van der Waals surface area contributed by atoms with Crippen molar-refractivity contribution < 1.29 is 19.1 Å². The van der Waals surface area contributed by atoms with Crippen LogP contribution in [-0.2, 0) is 4.79 Å². The van der Waals surface area contributed by atoms with E-state index in [2.05, 4.69) is 5.32 Å². The lowest BCUT2D eigenvalue weighted by molar-refractivity contribution is -0.126. The first-order valence-corrected chi connectivity index (χ1v) is 9.96. The lowest BCUT2D eigenvalue weighted by Crippen LogP contribution is -2.49. The molecule has 1 spiro atoms. The number of urea groups is 1. The predicted octanol–water partition coefficient (Wildman–Crippen LogP) is 1.42. The Bertz CT molecular complexity index is 779. The van der Waals surface area contributed by atoms with Gasteiger partial charge in [0.25, 0.3) is 5.91 Å². The first-order valence-electron chi connectivity index (χ1n) is 9.96. The lowest BCUT2D eigenvalue weighted by atomic mass is 9.86. The van der Waals surface area contributed by atoms with Crippen molar-refractivity contribution >= 4 is 17.8 Å². The van der Waals surface area contributed by atoms with Gasteiger partial charge in [0.15, 0.2) is 0 Å². The minimum Gasteiger partial charge on any atom is -0.497 e. The van der Waals surface area contributed by atoms with Crippen molar-refractivity contribution in [2.75, 3.05) is 46.9 Å². The molecular formula is C21H30N4O4. The molecule has 2 saturated heterocycles. The number of amides is 4. The highest BCUT2D eigenvalue weighted by Gasteiger charge is 2.47. The number of hydrogen-bond donors (Lipinski definition) is 1. The summed E-state index contributed by atoms with van der Waals surface area (Å²) >= 11 is 0. The first-order chi connectivity index (χ1) is 13.7. The van der Waals surface area contributed by atoms with E-state index in [1.54, 1.807) is 53.1 Å². The van der Waals surface area contributed by atoms with Gasteiger partial charge in [-0.2, -0.15) is 0 Å². The number of nitrogens with zero attached hydrogens (tertiary/aromatic N) is 3. The van der Waals surface area contributed by atoms with Crippen LogP contribution in [0.3, 0.4) is 0 Å². The number of benzene rings is 1. The summed E-state index contributed by atoms with van der Waals surface area (Å²) in [4.78, 5) is 43.4. The highest BCUT2D eigenvalue weighted by atomic mass is 16.5. The zero-order valence-corrected chi connectivity index (χ0v) is 17.6. The van der Waals surface area contributed by atoms with Gasteiger partial charge in [-0.15, -0.1) is 0 Å². The van der Waals surface area contributed by atoms with E-state index in [0.717, 1.165) is 0 Å². The van der Waals surface area contributed by atoms with Crippen LogP contribution >= 0.6 is 0 Å². The molecule has 0 bridgehead atoms. The molecule has 3 rings (SSSR count). The molecule has 1 aromatic carbocycles. The maximum Gasteiger partial charge on any atom is 0.317 e. The molecule has 0 aromatic heterocycles. The summed E-state index contributed by atoms with van der Waals surface area (Å²) in [7, 11) is 3.36. The molecule has 0 radical (unpaired) electrons. The van der Waals surface area contributed by atoms with Crippen molar-refractivity contribution in [3.63, 3.8) is 0 Å². The van der Waals surface area contributed by atoms with Crippen molar-refractivity contribution in [2.45, 2.75) is 26.3 Å². The van der Waals surface area contributed by atoms with Crippen LogP contribution in [0.15, 0.2) is 24.3 Å². The lowest BCUT2D eigenvalue weighted by Gasteiger charge is -2.33. The normalized spacial score (nSPS) is 22.2. The second-order valence-corrected chi connectivity index (χ2v) is 8.41. The molecular weight excluding hydrogens is 372 g/mol. The maximum atomic E-state index is 13.2. The Morgan fingerprint density at radius 1 is 1.07 bits per heavy atom. The van der Waals surface area contributed by atoms with Crippen LogP contribution in [0.2, 0.25) is 0 Å². The average molecular weight is 402 g/mol. The van der Waals surface area contributed by atoms with Gasteiger partial charge in [-0.3, -0.25) is 9.59 Å². The first kappa shape index (κ1) is 21.0. The maximum absolute atomic E-state index is 13.2. The van der Waals surface area contributed by atoms with E-state index in [-0.39, 0.29) is 23.9 Å². The zero-order chi connectivity index (χ0) is 21.2. The number of methoxy groups -OCH3 is 1. The number of rotatable bonds is 3. The SMILES string of the molecule is COc1ccc(C(=O)N2CCN(C(=O)NC(C)C)CC3(CC(=O)N(C)C3)C2)cc1. The van der Waals surface area contributed by atoms with E-state index in [4.69, 9.17) is 4.74 Å². The Balaban J connectivity index is 1.84. The minimum atomic E-state index is -0.460. The van der Waals surface area contributed by atoms with Gasteiger partial charge in [0.2, 0.25) is 5.91 Å². The summed E-state index contributed by atoms with van der Waals surface area (Å²) in [5.41, 5.74) is 0.109. The van der Waals surface area contributed by atoms with Gasteiger partial charge in [0.05, 0.1) is 7.11 Å². The van der Waals surface area contributed by atoms with Gasteiger partial charge in [-0.25, -0.2) is 4.79 Å². The highest BCUT2D eigenvalue weighted by molar-refractivity contribution is 5.94. The standard InChI is InChI=1S/C21H30N4O4/c1-15(2)22-20(28)25-10-9-24(13-21(14-25)11-18(26)23(3)12-21)19(27)16-5-7-17(29-4)8-6-16/h5-8,15H,9-14H2,1-4H3,(H,22,28). The molecule has 4 amide bonds. The highest BCUT2D eigenvalue weighted by Crippen LogP contribution is 2.35. The summed E-state index contributed by atoms with van der Waals surface area (Å²) in [6, 6.07) is 6.88. The molecule has 8 heteroatoms. The van der Waals surface area contributed by atoms with E-state index in [1.165, 1.54) is 0 Å². The quantitative estimate of drug-likeness (QED) is 0.829. The van der Waals surface area contributed by atoms with Crippen LogP contribution in [-0.4, -0.2) is 85.5 Å². The largest absolute Gasteiger partial charge is 0.497 e. The second kappa shape index (κ2) is 8.31. The number of nitrogens with one attached hydrogen (secondary N) is 1. The Morgan fingerprint density at radius 2 is 1.69 bits per heavy atom. The molecule has 8 nitrogen and oxygen atoms in total. The van der Waals surface area contributed by atoms with Crippen LogP contribution in [0.1, 0.15) is 30.6 Å². The van der Waals surface area contributed by atoms with Gasteiger partial charge in [0.1, 0.15) is 5.75 Å². The third kappa shape index (κ3) is 4.63. The van der Waals surface area contributed by atoms with Crippen LogP contribution < -0.4 is 10.1 Å². The molecule has 1 unspecified atom stereocenters. The van der Waals surface area contributed by atoms with E-state index in [0.29, 0.717) is 50.5 Å². The third-order valence-electron chi connectivity index (χ3n) is 5.54. The summed E-state index contributed by atoms with van der Waals surface area (Å²) in [6.45, 7) is 6.11. The van der Waals surface area contributed by atoms with Gasteiger partial charge in [-0.1, -0.05) is 0 Å². The molecule has 2 aliphatic rings. The number of hydrogen-bond acceptors (Lipinski definition) is 4. The summed E-state index contributed by atoms with van der Waals surface area (Å²) < 4.78 is 5.17. The van der Waals surface area contributed by atoms with Crippen LogP contribution in [0.25, 0.3) is 0 Å². The molecule has 1 N–H and O–H groups in total. The molecule has 2 aliphatic heterocycles. The van der Waals surface area contributed by atoms with Gasteiger partial charge >= 0.3 is 6.03 Å². The van der Waals surface area contributed by atoms with E-state index >= 15 is 0 Å². The number of likely N-dealkylation sites (tertiary alicyclic amines) is 1.